The van der Waals surface area contributed by atoms with Crippen molar-refractivity contribution >= 4 is 0 Å². The van der Waals surface area contributed by atoms with Crippen LogP contribution in [0.25, 0.3) is 0 Å². The van der Waals surface area contributed by atoms with Crippen molar-refractivity contribution in [3.63, 3.8) is 0 Å². The molecule has 1 rings (SSSR count). The van der Waals surface area contributed by atoms with Gasteiger partial charge >= 0.3 is 0 Å². The lowest BCUT2D eigenvalue weighted by Crippen LogP contribution is -2.42. The first kappa shape index (κ1) is 8.93. The zero-order chi connectivity index (χ0) is 8.10. The molecule has 0 aromatic heterocycles. The fourth-order valence-electron chi connectivity index (χ4n) is 0.976. The highest BCUT2D eigenvalue weighted by Crippen LogP contribution is 2.03. The van der Waals surface area contributed by atoms with Crippen LogP contribution in [0.5, 0.6) is 0 Å². The first-order valence-corrected chi connectivity index (χ1v) is 4.08. The van der Waals surface area contributed by atoms with Gasteiger partial charge in [-0.1, -0.05) is 0 Å². The molecule has 0 spiro atoms. The van der Waals surface area contributed by atoms with Gasteiger partial charge in [0.2, 0.25) is 6.41 Å². The smallest absolute Gasteiger partial charge is 0.229 e. The minimum atomic E-state index is -0.294. The third-order valence-electron chi connectivity index (χ3n) is 1.57. The molecule has 1 heterocycles. The molecule has 0 saturated carbocycles. The van der Waals surface area contributed by atoms with Crippen LogP contribution < -0.4 is 10.9 Å². The van der Waals surface area contributed by atoms with Crippen molar-refractivity contribution in [2.24, 2.45) is 0 Å². The Kier molecular flexibility index (Phi) is 3.79. The normalized spacial score (nSPS) is 33.3. The van der Waals surface area contributed by atoms with Gasteiger partial charge in [-0.25, -0.2) is 5.43 Å². The molecule has 0 aromatic rings. The summed E-state index contributed by atoms with van der Waals surface area (Å²) in [6, 6.07) is 0. The largest absolute Gasteiger partial charge is 0.339 e. The van der Waals surface area contributed by atoms with Gasteiger partial charge in [-0.2, -0.15) is 0 Å². The van der Waals surface area contributed by atoms with Crippen LogP contribution in [0.4, 0.5) is 0 Å². The molecule has 1 saturated heterocycles. The van der Waals surface area contributed by atoms with E-state index >= 15 is 0 Å². The van der Waals surface area contributed by atoms with Crippen molar-refractivity contribution in [3.05, 3.63) is 0 Å². The number of ether oxygens (including phenoxy) is 2. The molecule has 1 fully saturated rings. The first-order chi connectivity index (χ1) is 5.33. The van der Waals surface area contributed by atoms with Gasteiger partial charge in [0.05, 0.1) is 6.10 Å². The Hall–Kier alpha value is -0.160. The Morgan fingerprint density at radius 2 is 2.45 bits per heavy atom. The van der Waals surface area contributed by atoms with E-state index in [1.165, 1.54) is 0 Å². The van der Waals surface area contributed by atoms with Gasteiger partial charge in [-0.15, -0.1) is 0 Å². The van der Waals surface area contributed by atoms with E-state index in [9.17, 15) is 0 Å². The van der Waals surface area contributed by atoms with E-state index < -0.39 is 0 Å². The van der Waals surface area contributed by atoms with E-state index in [1.807, 2.05) is 13.8 Å². The van der Waals surface area contributed by atoms with Crippen LogP contribution in [0.2, 0.25) is 0 Å². The predicted octanol–water partition coefficient (Wildman–Crippen LogP) is 0.209. The number of rotatable bonds is 2. The van der Waals surface area contributed by atoms with Crippen molar-refractivity contribution in [3.8, 4) is 0 Å². The van der Waals surface area contributed by atoms with Crippen LogP contribution in [0, 0.1) is 0 Å². The van der Waals surface area contributed by atoms with E-state index in [1.54, 1.807) is 0 Å². The Balaban J connectivity index is 2.27. The monoisotopic (exact) mass is 160 g/mol. The quantitative estimate of drug-likeness (QED) is 0.606. The third-order valence-corrected chi connectivity index (χ3v) is 1.57. The Labute approximate surface area is 67.2 Å². The molecule has 2 unspecified atom stereocenters. The summed E-state index contributed by atoms with van der Waals surface area (Å²) in [5.74, 6) is 0. The lowest BCUT2D eigenvalue weighted by Gasteiger charge is -2.18. The molecule has 0 aliphatic carbocycles. The number of hydrogen-bond acceptors (Lipinski definition) is 4. The number of hydrazine groups is 1. The number of nitrogens with one attached hydrogen (secondary N) is 2. The summed E-state index contributed by atoms with van der Waals surface area (Å²) < 4.78 is 10.7. The Morgan fingerprint density at radius 1 is 1.64 bits per heavy atom. The Bertz CT molecular complexity index is 111. The highest BCUT2D eigenvalue weighted by molar-refractivity contribution is 4.57. The molecule has 4 heteroatoms. The summed E-state index contributed by atoms with van der Waals surface area (Å²) in [6.07, 6.45) is 0.975. The molecule has 1 aliphatic heterocycles. The molecular weight excluding hydrogens is 144 g/mol. The average molecular weight is 160 g/mol. The van der Waals surface area contributed by atoms with Gasteiger partial charge in [0.15, 0.2) is 0 Å². The molecule has 1 aliphatic rings. The maximum Gasteiger partial charge on any atom is 0.229 e. The fourth-order valence-corrected chi connectivity index (χ4v) is 0.976. The summed E-state index contributed by atoms with van der Waals surface area (Å²) in [7, 11) is 0. The minimum absolute atomic E-state index is 0.258. The van der Waals surface area contributed by atoms with Crippen LogP contribution in [-0.4, -0.2) is 25.7 Å². The lowest BCUT2D eigenvalue weighted by atomic mass is 10.3. The zero-order valence-corrected chi connectivity index (χ0v) is 7.09. The molecule has 0 radical (unpaired) electrons. The topological polar surface area (TPSA) is 42.5 Å². The molecule has 11 heavy (non-hydrogen) atoms. The van der Waals surface area contributed by atoms with Crippen molar-refractivity contribution in [1.82, 2.24) is 10.9 Å². The second-order valence-electron chi connectivity index (χ2n) is 2.59. The average Bonchev–Trinajstić information content (AvgIpc) is 2.15. The highest BCUT2D eigenvalue weighted by atomic mass is 16.7. The van der Waals surface area contributed by atoms with Crippen molar-refractivity contribution in [2.45, 2.75) is 32.8 Å². The van der Waals surface area contributed by atoms with Gasteiger partial charge < -0.3 is 9.47 Å². The Morgan fingerprint density at radius 3 is 3.18 bits per heavy atom. The predicted molar refractivity (Wildman–Crippen MR) is 41.7 cm³/mol. The molecule has 4 nitrogen and oxygen atoms in total. The van der Waals surface area contributed by atoms with Crippen molar-refractivity contribution in [1.29, 1.82) is 0 Å². The van der Waals surface area contributed by atoms with Gasteiger partial charge in [-0.3, -0.25) is 5.43 Å². The van der Waals surface area contributed by atoms with E-state index in [0.29, 0.717) is 6.61 Å². The summed E-state index contributed by atoms with van der Waals surface area (Å²) in [5.41, 5.74) is 5.93. The van der Waals surface area contributed by atoms with E-state index in [0.717, 1.165) is 13.0 Å². The van der Waals surface area contributed by atoms with E-state index in [-0.39, 0.29) is 12.5 Å². The first-order valence-electron chi connectivity index (χ1n) is 4.08. The fraction of sp³-hybridized carbons (Fsp3) is 1.00. The molecule has 0 aromatic carbocycles. The van der Waals surface area contributed by atoms with Gasteiger partial charge in [0.25, 0.3) is 0 Å². The molecule has 2 N–H and O–H groups in total. The van der Waals surface area contributed by atoms with Crippen LogP contribution in [0.15, 0.2) is 0 Å². The third kappa shape index (κ3) is 3.16. The van der Waals surface area contributed by atoms with Crippen molar-refractivity contribution in [2.75, 3.05) is 13.2 Å². The zero-order valence-electron chi connectivity index (χ0n) is 7.09. The summed E-state index contributed by atoms with van der Waals surface area (Å²) >= 11 is 0. The van der Waals surface area contributed by atoms with Crippen LogP contribution in [0.1, 0.15) is 20.3 Å². The van der Waals surface area contributed by atoms with Crippen LogP contribution in [0.3, 0.4) is 0 Å². The summed E-state index contributed by atoms with van der Waals surface area (Å²) in [6.45, 7) is 5.57. The van der Waals surface area contributed by atoms with Gasteiger partial charge in [0, 0.05) is 13.2 Å². The maximum absolute atomic E-state index is 5.46. The molecule has 0 bridgehead atoms. The molecule has 0 amide bonds. The summed E-state index contributed by atoms with van der Waals surface area (Å²) in [5, 5.41) is 0. The van der Waals surface area contributed by atoms with Gasteiger partial charge in [0.1, 0.15) is 0 Å². The van der Waals surface area contributed by atoms with E-state index in [2.05, 4.69) is 10.9 Å². The SMILES string of the molecule is CCOC1NNCCC(C)O1. The van der Waals surface area contributed by atoms with Crippen LogP contribution >= 0.6 is 0 Å². The summed E-state index contributed by atoms with van der Waals surface area (Å²) in [4.78, 5) is 0. The number of hydrogen-bond donors (Lipinski definition) is 2. The second-order valence-corrected chi connectivity index (χ2v) is 2.59. The van der Waals surface area contributed by atoms with Crippen LogP contribution in [-0.2, 0) is 9.47 Å². The second kappa shape index (κ2) is 4.66. The molecule has 66 valence electrons. The highest BCUT2D eigenvalue weighted by Gasteiger charge is 2.15. The minimum Gasteiger partial charge on any atom is -0.339 e. The molecular formula is C7H16N2O2. The lowest BCUT2D eigenvalue weighted by molar-refractivity contribution is -0.178. The maximum atomic E-state index is 5.46. The van der Waals surface area contributed by atoms with Crippen molar-refractivity contribution < 1.29 is 9.47 Å². The van der Waals surface area contributed by atoms with Gasteiger partial charge in [-0.05, 0) is 20.3 Å². The standard InChI is InChI=1S/C7H16N2O2/c1-3-10-7-9-8-5-4-6(2)11-7/h6-9H,3-5H2,1-2H3. The van der Waals surface area contributed by atoms with E-state index in [4.69, 9.17) is 9.47 Å². The molecule has 2 atom stereocenters.